The lowest BCUT2D eigenvalue weighted by molar-refractivity contribution is 0.887. The molecule has 2 unspecified atom stereocenters. The van der Waals surface area contributed by atoms with Gasteiger partial charge in [0.1, 0.15) is 0 Å². The van der Waals surface area contributed by atoms with E-state index in [1.807, 2.05) is 34.0 Å². The van der Waals surface area contributed by atoms with Crippen molar-refractivity contribution in [3.63, 3.8) is 0 Å². The molecule has 0 nitrogen and oxygen atoms in total. The number of allylic oxidation sites excluding steroid dienone is 2. The van der Waals surface area contributed by atoms with Gasteiger partial charge in [0.05, 0.1) is 5.92 Å². The van der Waals surface area contributed by atoms with Crippen LogP contribution < -0.4 is 0 Å². The van der Waals surface area contributed by atoms with E-state index < -0.39 is 0 Å². The van der Waals surface area contributed by atoms with Gasteiger partial charge in [0.25, 0.3) is 0 Å². The Kier molecular flexibility index (Phi) is 3.59. The summed E-state index contributed by atoms with van der Waals surface area (Å²) in [5.41, 5.74) is 1.51. The van der Waals surface area contributed by atoms with Crippen LogP contribution in [0.25, 0.3) is 6.08 Å². The van der Waals surface area contributed by atoms with Crippen LogP contribution in [-0.4, -0.2) is 5.25 Å². The van der Waals surface area contributed by atoms with Crippen LogP contribution in [-0.2, 0) is 0 Å². The highest BCUT2D eigenvalue weighted by Gasteiger charge is 2.36. The summed E-state index contributed by atoms with van der Waals surface area (Å²) in [6, 6.07) is 11.2. The molecule has 0 N–H and O–H groups in total. The van der Waals surface area contributed by atoms with E-state index in [1.54, 1.807) is 0 Å². The van der Waals surface area contributed by atoms with Crippen LogP contribution in [0, 0.1) is 0 Å². The maximum atomic E-state index is 2.54. The summed E-state index contributed by atoms with van der Waals surface area (Å²) in [6.45, 7) is 0. The van der Waals surface area contributed by atoms with Crippen molar-refractivity contribution < 1.29 is 0 Å². The number of thiophene rings is 3. The minimum atomic E-state index is 0.418. The molecule has 1 aliphatic carbocycles. The second kappa shape index (κ2) is 5.78. The van der Waals surface area contributed by atoms with Gasteiger partial charge in [-0.25, -0.2) is 0 Å². The standard InChI is InChI=1S/C19H14S4/c1-3-16(20-8-1)19(17-4-2-9-21-17)18-11-13-12-7-10-22-14(12)5-6-15(13)23-18/h1-11,13,15,19H. The Bertz CT molecular complexity index is 830. The number of hydrogen-bond acceptors (Lipinski definition) is 4. The normalized spacial score (nSPS) is 22.2. The van der Waals surface area contributed by atoms with Gasteiger partial charge in [0.2, 0.25) is 0 Å². The van der Waals surface area contributed by atoms with E-state index in [9.17, 15) is 0 Å². The van der Waals surface area contributed by atoms with Crippen molar-refractivity contribution in [2.24, 2.45) is 0 Å². The van der Waals surface area contributed by atoms with E-state index in [0.717, 1.165) is 0 Å². The predicted octanol–water partition coefficient (Wildman–Crippen LogP) is 6.81. The molecule has 0 aromatic carbocycles. The summed E-state index contributed by atoms with van der Waals surface area (Å²) in [5, 5.41) is 7.18. The zero-order chi connectivity index (χ0) is 15.2. The molecule has 23 heavy (non-hydrogen) atoms. The van der Waals surface area contributed by atoms with Crippen molar-refractivity contribution in [3.8, 4) is 0 Å². The molecule has 2 atom stereocenters. The highest BCUT2D eigenvalue weighted by molar-refractivity contribution is 8.04. The first-order valence-electron chi connectivity index (χ1n) is 7.61. The molecule has 3 aromatic heterocycles. The third-order valence-electron chi connectivity index (χ3n) is 4.43. The molecule has 0 amide bonds. The number of hydrogen-bond donors (Lipinski definition) is 0. The molecule has 0 spiro atoms. The molecule has 0 saturated carbocycles. The molecule has 0 bridgehead atoms. The van der Waals surface area contributed by atoms with E-state index in [1.165, 1.54) is 25.1 Å². The zero-order valence-corrected chi connectivity index (χ0v) is 15.5. The second-order valence-electron chi connectivity index (χ2n) is 5.74. The van der Waals surface area contributed by atoms with E-state index in [4.69, 9.17) is 0 Å². The molecule has 5 rings (SSSR count). The van der Waals surface area contributed by atoms with Gasteiger partial charge in [0.15, 0.2) is 0 Å². The van der Waals surface area contributed by atoms with Gasteiger partial charge in [-0.2, -0.15) is 0 Å². The molecular formula is C19H14S4. The van der Waals surface area contributed by atoms with E-state index in [0.29, 0.717) is 17.1 Å². The first-order chi connectivity index (χ1) is 11.4. The number of thioether (sulfide) groups is 1. The third-order valence-corrected chi connectivity index (χ3v) is 8.57. The van der Waals surface area contributed by atoms with Crippen molar-refractivity contribution in [2.45, 2.75) is 17.1 Å². The summed E-state index contributed by atoms with van der Waals surface area (Å²) in [6.07, 6.45) is 7.25. The quantitative estimate of drug-likeness (QED) is 0.488. The van der Waals surface area contributed by atoms with E-state index in [-0.39, 0.29) is 0 Å². The van der Waals surface area contributed by atoms with Gasteiger partial charge in [-0.1, -0.05) is 24.3 Å². The minimum absolute atomic E-state index is 0.418. The van der Waals surface area contributed by atoms with Crippen LogP contribution in [0.15, 0.2) is 63.5 Å². The molecule has 0 radical (unpaired) electrons. The van der Waals surface area contributed by atoms with Gasteiger partial charge in [0, 0.05) is 25.8 Å². The molecule has 0 saturated heterocycles. The Hall–Kier alpha value is -1.07. The van der Waals surface area contributed by atoms with Crippen molar-refractivity contribution in [2.75, 3.05) is 0 Å². The summed E-state index contributed by atoms with van der Waals surface area (Å²) in [7, 11) is 0. The number of fused-ring (bicyclic) bond motifs is 3. The first-order valence-corrected chi connectivity index (χ1v) is 11.1. The molecule has 0 fully saturated rings. The fraction of sp³-hybridized carbons (Fsp3) is 0.158. The Labute approximate surface area is 152 Å². The Morgan fingerprint density at radius 2 is 1.65 bits per heavy atom. The third kappa shape index (κ3) is 2.40. The second-order valence-corrected chi connectivity index (χ2v) is 9.90. The summed E-state index contributed by atoms with van der Waals surface area (Å²) in [4.78, 5) is 5.88. The summed E-state index contributed by atoms with van der Waals surface area (Å²) in [5.74, 6) is 0.963. The van der Waals surface area contributed by atoms with Crippen LogP contribution in [0.4, 0.5) is 0 Å². The Balaban J connectivity index is 1.58. The van der Waals surface area contributed by atoms with Gasteiger partial charge in [-0.15, -0.1) is 45.8 Å². The average molecular weight is 371 g/mol. The molecular weight excluding hydrogens is 356 g/mol. The Morgan fingerprint density at radius 3 is 2.35 bits per heavy atom. The summed E-state index contributed by atoms with van der Waals surface area (Å²) >= 11 is 7.66. The lowest BCUT2D eigenvalue weighted by Gasteiger charge is -2.19. The largest absolute Gasteiger partial charge is 0.148 e. The van der Waals surface area contributed by atoms with Crippen molar-refractivity contribution in [1.82, 2.24) is 0 Å². The first kappa shape index (κ1) is 14.3. The molecule has 4 heterocycles. The van der Waals surface area contributed by atoms with Gasteiger partial charge in [-0.3, -0.25) is 0 Å². The van der Waals surface area contributed by atoms with Crippen LogP contribution in [0.3, 0.4) is 0 Å². The lowest BCUT2D eigenvalue weighted by atomic mass is 9.90. The van der Waals surface area contributed by atoms with Crippen LogP contribution >= 0.6 is 45.8 Å². The fourth-order valence-electron chi connectivity index (χ4n) is 3.39. The van der Waals surface area contributed by atoms with E-state index >= 15 is 0 Å². The van der Waals surface area contributed by atoms with E-state index in [2.05, 4.69) is 76.5 Å². The monoisotopic (exact) mass is 370 g/mol. The van der Waals surface area contributed by atoms with Gasteiger partial charge in [-0.05, 0) is 50.9 Å². The molecule has 114 valence electrons. The smallest absolute Gasteiger partial charge is 0.0584 e. The van der Waals surface area contributed by atoms with Crippen molar-refractivity contribution >= 4 is 51.8 Å². The molecule has 2 aliphatic rings. The lowest BCUT2D eigenvalue weighted by Crippen LogP contribution is -2.09. The zero-order valence-electron chi connectivity index (χ0n) is 12.2. The fourth-order valence-corrected chi connectivity index (χ4v) is 7.65. The maximum absolute atomic E-state index is 2.54. The molecule has 4 heteroatoms. The topological polar surface area (TPSA) is 0 Å². The Morgan fingerprint density at radius 1 is 0.870 bits per heavy atom. The maximum Gasteiger partial charge on any atom is 0.0584 e. The minimum Gasteiger partial charge on any atom is -0.148 e. The van der Waals surface area contributed by atoms with Crippen LogP contribution in [0.1, 0.15) is 32.0 Å². The van der Waals surface area contributed by atoms with Crippen LogP contribution in [0.5, 0.6) is 0 Å². The number of rotatable bonds is 3. The highest BCUT2D eigenvalue weighted by atomic mass is 32.2. The molecule has 3 aromatic rings. The summed E-state index contributed by atoms with van der Waals surface area (Å²) < 4.78 is 0. The molecule has 1 aliphatic heterocycles. The van der Waals surface area contributed by atoms with Crippen molar-refractivity contribution in [3.05, 3.63) is 83.7 Å². The highest BCUT2D eigenvalue weighted by Crippen LogP contribution is 2.54. The van der Waals surface area contributed by atoms with Crippen LogP contribution in [0.2, 0.25) is 0 Å². The van der Waals surface area contributed by atoms with Gasteiger partial charge >= 0.3 is 0 Å². The SMILES string of the molecule is C1=CC2SC(C(c3cccs3)c3cccs3)=CC2c2ccsc21. The average Bonchev–Trinajstić information content (AvgIpc) is 3.35. The van der Waals surface area contributed by atoms with Gasteiger partial charge < -0.3 is 0 Å². The predicted molar refractivity (Wildman–Crippen MR) is 106 cm³/mol. The van der Waals surface area contributed by atoms with Crippen molar-refractivity contribution in [1.29, 1.82) is 0 Å².